The van der Waals surface area contributed by atoms with Crippen LogP contribution in [0.4, 0.5) is 20.4 Å². The van der Waals surface area contributed by atoms with Crippen LogP contribution in [-0.2, 0) is 16.4 Å². The fraction of sp³-hybridized carbons (Fsp3) is 0.360. The number of aromatic nitrogens is 2. The van der Waals surface area contributed by atoms with E-state index in [4.69, 9.17) is 4.74 Å². The Morgan fingerprint density at radius 2 is 1.63 bits per heavy atom. The molecule has 10 heteroatoms. The third-order valence-electron chi connectivity index (χ3n) is 5.98. The van der Waals surface area contributed by atoms with Crippen LogP contribution in [0.5, 0.6) is 5.75 Å². The van der Waals surface area contributed by atoms with Gasteiger partial charge in [-0.2, -0.15) is 0 Å². The standard InChI is InChI=1S/C25H28F2N4O3S/c1-3-17-14-28-25(29-15-17)31-10-8-18(9-11-31)16-34-24-22(26)12-20(13-23(24)27)19-4-6-21(7-5-19)30-35(2,32)33/h4-7,12-15,18,30H,3,8-11,16H2,1-2H3. The quantitative estimate of drug-likeness (QED) is 0.483. The van der Waals surface area contributed by atoms with Crippen LogP contribution in [0, 0.1) is 17.6 Å². The van der Waals surface area contributed by atoms with Crippen LogP contribution in [0.3, 0.4) is 0 Å². The highest BCUT2D eigenvalue weighted by atomic mass is 32.2. The molecule has 2 heterocycles. The molecule has 4 rings (SSSR count). The van der Waals surface area contributed by atoms with Crippen LogP contribution in [-0.4, -0.2) is 44.3 Å². The lowest BCUT2D eigenvalue weighted by atomic mass is 9.98. The van der Waals surface area contributed by atoms with E-state index in [1.54, 1.807) is 12.1 Å². The highest BCUT2D eigenvalue weighted by Gasteiger charge is 2.23. The molecule has 0 saturated carbocycles. The summed E-state index contributed by atoms with van der Waals surface area (Å²) in [5, 5.41) is 0. The van der Waals surface area contributed by atoms with Crippen LogP contribution in [0.2, 0.25) is 0 Å². The molecule has 0 spiro atoms. The van der Waals surface area contributed by atoms with E-state index in [1.807, 2.05) is 12.4 Å². The smallest absolute Gasteiger partial charge is 0.229 e. The van der Waals surface area contributed by atoms with Gasteiger partial charge in [0.25, 0.3) is 0 Å². The molecule has 1 fully saturated rings. The van der Waals surface area contributed by atoms with Gasteiger partial charge < -0.3 is 9.64 Å². The van der Waals surface area contributed by atoms with Crippen molar-refractivity contribution in [1.82, 2.24) is 9.97 Å². The number of nitrogens with zero attached hydrogens (tertiary/aromatic N) is 3. The second-order valence-electron chi connectivity index (χ2n) is 8.71. The lowest BCUT2D eigenvalue weighted by Crippen LogP contribution is -2.36. The molecule has 2 aromatic carbocycles. The molecule has 0 atom stereocenters. The van der Waals surface area contributed by atoms with Gasteiger partial charge in [0, 0.05) is 31.2 Å². The number of benzene rings is 2. The fourth-order valence-corrected chi connectivity index (χ4v) is 4.57. The van der Waals surface area contributed by atoms with Crippen molar-refractivity contribution in [2.75, 3.05) is 35.6 Å². The van der Waals surface area contributed by atoms with Crippen molar-refractivity contribution in [2.45, 2.75) is 26.2 Å². The number of anilines is 2. The van der Waals surface area contributed by atoms with Crippen LogP contribution < -0.4 is 14.4 Å². The van der Waals surface area contributed by atoms with E-state index in [1.165, 1.54) is 24.3 Å². The molecule has 1 aliphatic heterocycles. The van der Waals surface area contributed by atoms with Gasteiger partial charge in [-0.1, -0.05) is 19.1 Å². The SMILES string of the molecule is CCc1cnc(N2CCC(COc3c(F)cc(-c4ccc(NS(C)(=O)=O)cc4)cc3F)CC2)nc1. The Morgan fingerprint density at radius 3 is 2.17 bits per heavy atom. The topological polar surface area (TPSA) is 84.4 Å². The van der Waals surface area contributed by atoms with Crippen molar-refractivity contribution in [3.8, 4) is 16.9 Å². The van der Waals surface area contributed by atoms with Crippen molar-refractivity contribution in [3.05, 3.63) is 66.0 Å². The molecule has 1 saturated heterocycles. The van der Waals surface area contributed by atoms with E-state index in [-0.39, 0.29) is 18.3 Å². The Kier molecular flexibility index (Phi) is 7.49. The number of sulfonamides is 1. The average molecular weight is 503 g/mol. The van der Waals surface area contributed by atoms with E-state index in [9.17, 15) is 17.2 Å². The first-order chi connectivity index (χ1) is 16.7. The summed E-state index contributed by atoms with van der Waals surface area (Å²) in [6.07, 6.45) is 7.25. The molecule has 0 radical (unpaired) electrons. The molecular weight excluding hydrogens is 474 g/mol. The summed E-state index contributed by atoms with van der Waals surface area (Å²) in [6, 6.07) is 8.69. The first-order valence-corrected chi connectivity index (χ1v) is 13.4. The van der Waals surface area contributed by atoms with Crippen LogP contribution in [0.1, 0.15) is 25.3 Å². The number of hydrogen-bond acceptors (Lipinski definition) is 6. The second kappa shape index (κ2) is 10.6. The zero-order valence-electron chi connectivity index (χ0n) is 19.7. The molecule has 0 bridgehead atoms. The lowest BCUT2D eigenvalue weighted by molar-refractivity contribution is 0.207. The zero-order chi connectivity index (χ0) is 25.0. The Bertz CT molecular complexity index is 1240. The third kappa shape index (κ3) is 6.45. The predicted molar refractivity (Wildman–Crippen MR) is 132 cm³/mol. The molecule has 0 aliphatic carbocycles. The van der Waals surface area contributed by atoms with E-state index < -0.39 is 21.7 Å². The minimum atomic E-state index is -3.40. The number of halogens is 2. The van der Waals surface area contributed by atoms with E-state index in [0.717, 1.165) is 44.2 Å². The van der Waals surface area contributed by atoms with Crippen LogP contribution in [0.25, 0.3) is 11.1 Å². The monoisotopic (exact) mass is 502 g/mol. The summed E-state index contributed by atoms with van der Waals surface area (Å²) in [6.45, 7) is 3.80. The summed E-state index contributed by atoms with van der Waals surface area (Å²) in [5.41, 5.74) is 2.34. The number of hydrogen-bond donors (Lipinski definition) is 1. The summed E-state index contributed by atoms with van der Waals surface area (Å²) in [5.74, 6) is -1.06. The minimum absolute atomic E-state index is 0.175. The van der Waals surface area contributed by atoms with E-state index >= 15 is 0 Å². The normalized spacial score (nSPS) is 14.7. The van der Waals surface area contributed by atoms with Gasteiger partial charge in [-0.3, -0.25) is 4.72 Å². The lowest BCUT2D eigenvalue weighted by Gasteiger charge is -2.31. The number of piperidine rings is 1. The number of ether oxygens (including phenoxy) is 1. The molecule has 186 valence electrons. The summed E-state index contributed by atoms with van der Waals surface area (Å²) in [7, 11) is -3.40. The van der Waals surface area contributed by atoms with Crippen molar-refractivity contribution in [2.24, 2.45) is 5.92 Å². The fourth-order valence-electron chi connectivity index (χ4n) is 4.00. The maximum absolute atomic E-state index is 14.7. The molecule has 1 N–H and O–H groups in total. The van der Waals surface area contributed by atoms with Crippen LogP contribution >= 0.6 is 0 Å². The van der Waals surface area contributed by atoms with Gasteiger partial charge >= 0.3 is 0 Å². The first kappa shape index (κ1) is 24.8. The molecule has 7 nitrogen and oxygen atoms in total. The molecule has 1 aromatic heterocycles. The Morgan fingerprint density at radius 1 is 1.03 bits per heavy atom. The molecule has 35 heavy (non-hydrogen) atoms. The molecule has 1 aliphatic rings. The number of nitrogens with one attached hydrogen (secondary N) is 1. The van der Waals surface area contributed by atoms with Gasteiger partial charge in [0.1, 0.15) is 0 Å². The van der Waals surface area contributed by atoms with Gasteiger partial charge in [0.05, 0.1) is 12.9 Å². The summed E-state index contributed by atoms with van der Waals surface area (Å²) in [4.78, 5) is 11.0. The van der Waals surface area contributed by atoms with Crippen molar-refractivity contribution < 1.29 is 21.9 Å². The largest absolute Gasteiger partial charge is 0.487 e. The molecular formula is C25H28F2N4O3S. The van der Waals surface area contributed by atoms with E-state index in [2.05, 4.69) is 26.5 Å². The van der Waals surface area contributed by atoms with E-state index in [0.29, 0.717) is 22.8 Å². The highest BCUT2D eigenvalue weighted by Crippen LogP contribution is 2.31. The minimum Gasteiger partial charge on any atom is -0.487 e. The third-order valence-corrected chi connectivity index (χ3v) is 6.59. The summed E-state index contributed by atoms with van der Waals surface area (Å²) >= 11 is 0. The maximum atomic E-state index is 14.7. The number of aryl methyl sites for hydroxylation is 1. The highest BCUT2D eigenvalue weighted by molar-refractivity contribution is 7.92. The molecule has 3 aromatic rings. The first-order valence-electron chi connectivity index (χ1n) is 11.5. The number of rotatable bonds is 8. The van der Waals surface area contributed by atoms with Gasteiger partial charge in [-0.05, 0) is 66.1 Å². The van der Waals surface area contributed by atoms with Gasteiger partial charge in [0.15, 0.2) is 17.4 Å². The van der Waals surface area contributed by atoms with Crippen molar-refractivity contribution in [1.29, 1.82) is 0 Å². The van der Waals surface area contributed by atoms with Gasteiger partial charge in [-0.15, -0.1) is 0 Å². The van der Waals surface area contributed by atoms with Crippen molar-refractivity contribution >= 4 is 21.7 Å². The van der Waals surface area contributed by atoms with Crippen molar-refractivity contribution in [3.63, 3.8) is 0 Å². The van der Waals surface area contributed by atoms with Gasteiger partial charge in [-0.25, -0.2) is 27.2 Å². The Balaban J connectivity index is 1.35. The molecule has 0 amide bonds. The maximum Gasteiger partial charge on any atom is 0.229 e. The Hall–Kier alpha value is -3.27. The predicted octanol–water partition coefficient (Wildman–Crippen LogP) is 4.65. The zero-order valence-corrected chi connectivity index (χ0v) is 20.5. The summed E-state index contributed by atoms with van der Waals surface area (Å²) < 4.78 is 60.0. The van der Waals surface area contributed by atoms with Crippen LogP contribution in [0.15, 0.2) is 48.8 Å². The average Bonchev–Trinajstić information content (AvgIpc) is 2.83. The van der Waals surface area contributed by atoms with Gasteiger partial charge in [0.2, 0.25) is 16.0 Å². The Labute approximate surface area is 204 Å². The molecule has 0 unspecified atom stereocenters. The second-order valence-corrected chi connectivity index (χ2v) is 10.5.